The topological polar surface area (TPSA) is 141 Å². The number of imidazole rings is 3. The molecule has 9 rings (SSSR count). The SMILES string of the molecule is FC(F)(F)c1cc(-c2ccoc2)cn2cc(CCl)nc12.N#CCc1cn2cc(-c3ccoc3)cc(C(F)(F)F)c2n1.NCCc1cn2cc(-c3ccoc3)cc(C(F)(F)F)c2n1. The summed E-state index contributed by atoms with van der Waals surface area (Å²) < 4.78 is 137. The van der Waals surface area contributed by atoms with Crippen LogP contribution in [-0.2, 0) is 37.3 Å². The van der Waals surface area contributed by atoms with E-state index in [0.717, 1.165) is 18.2 Å². The fourth-order valence-electron chi connectivity index (χ4n) is 6.33. The van der Waals surface area contributed by atoms with E-state index in [-0.39, 0.29) is 29.2 Å². The van der Waals surface area contributed by atoms with E-state index in [1.165, 1.54) is 69.4 Å². The van der Waals surface area contributed by atoms with Gasteiger partial charge in [-0.25, -0.2) is 15.0 Å². The summed E-state index contributed by atoms with van der Waals surface area (Å²) in [5.41, 5.74) is 6.63. The van der Waals surface area contributed by atoms with Crippen molar-refractivity contribution in [3.8, 4) is 39.4 Å². The van der Waals surface area contributed by atoms with Gasteiger partial charge in [0.15, 0.2) is 0 Å². The molecular weight excluding hydrogens is 859 g/mol. The Hall–Kier alpha value is -6.98. The van der Waals surface area contributed by atoms with E-state index in [0.29, 0.717) is 63.4 Å². The molecule has 0 amide bonds. The average molecular weight is 887 g/mol. The third kappa shape index (κ3) is 9.33. The van der Waals surface area contributed by atoms with E-state index in [1.54, 1.807) is 36.8 Å². The molecule has 0 unspecified atom stereocenters. The van der Waals surface area contributed by atoms with Gasteiger partial charge in [0.25, 0.3) is 0 Å². The normalized spacial score (nSPS) is 12.0. The Kier molecular flexibility index (Phi) is 11.9. The Morgan fingerprint density at radius 1 is 0.548 bits per heavy atom. The van der Waals surface area contributed by atoms with Gasteiger partial charge in [-0.1, -0.05) is 0 Å². The monoisotopic (exact) mass is 886 g/mol. The van der Waals surface area contributed by atoms with E-state index in [2.05, 4.69) is 15.0 Å². The summed E-state index contributed by atoms with van der Waals surface area (Å²) in [6.45, 7) is 0.333. The molecule has 9 aromatic rings. The number of nitrogens with two attached hydrogens (primary N) is 1. The number of hydrogen-bond acceptors (Lipinski definition) is 8. The largest absolute Gasteiger partial charge is 0.472 e. The zero-order chi connectivity index (χ0) is 44.4. The minimum Gasteiger partial charge on any atom is -0.472 e. The average Bonchev–Trinajstić information content (AvgIpc) is 4.07. The van der Waals surface area contributed by atoms with E-state index in [1.807, 2.05) is 6.07 Å². The Balaban J connectivity index is 0.000000140. The zero-order valence-electron chi connectivity index (χ0n) is 31.4. The number of nitriles is 1. The predicted octanol–water partition coefficient (Wildman–Crippen LogP) is 11.1. The Morgan fingerprint density at radius 3 is 1.23 bits per heavy atom. The predicted molar refractivity (Wildman–Crippen MR) is 205 cm³/mol. The van der Waals surface area contributed by atoms with Gasteiger partial charge in [-0.3, -0.25) is 0 Å². The fraction of sp³-hybridized carbons (Fsp3) is 0.171. The summed E-state index contributed by atoms with van der Waals surface area (Å²) in [7, 11) is 0. The van der Waals surface area contributed by atoms with Crippen LogP contribution >= 0.6 is 11.6 Å². The van der Waals surface area contributed by atoms with Crippen molar-refractivity contribution in [3.05, 3.63) is 145 Å². The van der Waals surface area contributed by atoms with Crippen LogP contribution in [0.5, 0.6) is 0 Å². The molecule has 0 aliphatic carbocycles. The number of nitrogens with zero attached hydrogens (tertiary/aromatic N) is 7. The quantitative estimate of drug-likeness (QED) is 0.123. The first-order valence-electron chi connectivity index (χ1n) is 17.9. The first kappa shape index (κ1) is 43.1. The lowest BCUT2D eigenvalue weighted by molar-refractivity contribution is -0.137. The van der Waals surface area contributed by atoms with Crippen molar-refractivity contribution < 1.29 is 52.8 Å². The Morgan fingerprint density at radius 2 is 0.903 bits per heavy atom. The van der Waals surface area contributed by atoms with Gasteiger partial charge in [0, 0.05) is 77.0 Å². The molecule has 0 radical (unpaired) electrons. The van der Waals surface area contributed by atoms with E-state index in [4.69, 9.17) is 35.8 Å². The van der Waals surface area contributed by atoms with Crippen molar-refractivity contribution in [2.24, 2.45) is 5.73 Å². The minimum atomic E-state index is -4.53. The molecule has 2 N–H and O–H groups in total. The molecule has 0 aliphatic rings. The van der Waals surface area contributed by atoms with Crippen LogP contribution in [0.2, 0.25) is 0 Å². The summed E-state index contributed by atoms with van der Waals surface area (Å²) in [6, 6.07) is 9.83. The van der Waals surface area contributed by atoms with Crippen LogP contribution in [0.4, 0.5) is 39.5 Å². The minimum absolute atomic E-state index is 0.0416. The van der Waals surface area contributed by atoms with Crippen molar-refractivity contribution in [3.63, 3.8) is 0 Å². The number of hydrogen-bond donors (Lipinski definition) is 1. The number of pyridine rings is 3. The second kappa shape index (κ2) is 17.2. The number of fused-ring (bicyclic) bond motifs is 3. The summed E-state index contributed by atoms with van der Waals surface area (Å²) in [6.07, 6.45) is 4.45. The lowest BCUT2D eigenvalue weighted by atomic mass is 10.1. The van der Waals surface area contributed by atoms with Crippen LogP contribution in [0.25, 0.3) is 50.3 Å². The smallest absolute Gasteiger partial charge is 0.420 e. The third-order valence-electron chi connectivity index (χ3n) is 9.08. The van der Waals surface area contributed by atoms with Gasteiger partial charge in [-0.05, 0) is 42.9 Å². The number of aromatic nitrogens is 6. The van der Waals surface area contributed by atoms with Gasteiger partial charge in [0.1, 0.15) is 16.9 Å². The summed E-state index contributed by atoms with van der Waals surface area (Å²) in [4.78, 5) is 11.8. The third-order valence-corrected chi connectivity index (χ3v) is 9.35. The van der Waals surface area contributed by atoms with Crippen LogP contribution in [0.3, 0.4) is 0 Å². The van der Waals surface area contributed by atoms with Crippen molar-refractivity contribution in [2.75, 3.05) is 6.54 Å². The summed E-state index contributed by atoms with van der Waals surface area (Å²) >= 11 is 5.63. The highest BCUT2D eigenvalue weighted by Crippen LogP contribution is 2.38. The molecule has 0 saturated heterocycles. The molecule has 0 saturated carbocycles. The Bertz CT molecular complexity index is 2980. The van der Waals surface area contributed by atoms with Crippen molar-refractivity contribution in [1.82, 2.24) is 28.2 Å². The molecule has 9 heterocycles. The summed E-state index contributed by atoms with van der Waals surface area (Å²) in [5, 5.41) is 8.64. The maximum Gasteiger partial charge on any atom is 0.420 e. The van der Waals surface area contributed by atoms with Gasteiger partial charge in [-0.15, -0.1) is 11.6 Å². The maximum absolute atomic E-state index is 13.2. The summed E-state index contributed by atoms with van der Waals surface area (Å²) in [5.74, 6) is 0.0556. The molecule has 0 fully saturated rings. The second-order valence-electron chi connectivity index (χ2n) is 13.4. The van der Waals surface area contributed by atoms with Crippen LogP contribution in [0.15, 0.2) is 124 Å². The van der Waals surface area contributed by atoms with Crippen LogP contribution in [-0.4, -0.2) is 34.7 Å². The van der Waals surface area contributed by atoms with Crippen molar-refractivity contribution in [2.45, 2.75) is 37.3 Å². The lowest BCUT2D eigenvalue weighted by Gasteiger charge is -2.10. The molecule has 0 atom stereocenters. The number of furan rings is 3. The molecule has 21 heteroatoms. The van der Waals surface area contributed by atoms with E-state index >= 15 is 0 Å². The highest BCUT2D eigenvalue weighted by Gasteiger charge is 2.37. The molecule has 62 heavy (non-hydrogen) atoms. The van der Waals surface area contributed by atoms with Gasteiger partial charge in [0.05, 0.1) is 89.7 Å². The number of alkyl halides is 10. The van der Waals surface area contributed by atoms with Gasteiger partial charge in [0.2, 0.25) is 0 Å². The zero-order valence-corrected chi connectivity index (χ0v) is 32.2. The van der Waals surface area contributed by atoms with Crippen molar-refractivity contribution in [1.29, 1.82) is 5.26 Å². The molecule has 11 nitrogen and oxygen atoms in total. The molecule has 0 aromatic carbocycles. The molecule has 0 spiro atoms. The first-order valence-corrected chi connectivity index (χ1v) is 18.5. The molecule has 0 aliphatic heterocycles. The lowest BCUT2D eigenvalue weighted by Crippen LogP contribution is -2.08. The molecule has 9 aromatic heterocycles. The van der Waals surface area contributed by atoms with Crippen LogP contribution in [0, 0.1) is 11.3 Å². The number of halogens is 10. The standard InChI is InChI=1S/C14H12F3N3O.C14H8F3N3O.C13H8ClF3N2O/c2*15-14(16,17)12-5-10(9-2-4-21-8-9)6-20-7-11(1-3-18)19-13(12)20;14-4-10-6-19-5-9(8-1-2-20-7-8)3-11(12(19)18-10)13(15,16)17/h2,4-8H,1,3,18H2;2,4-8H,1H2;1-3,5-7H,4H2. The van der Waals surface area contributed by atoms with Gasteiger partial charge < -0.3 is 32.2 Å². The highest BCUT2D eigenvalue weighted by molar-refractivity contribution is 6.16. The van der Waals surface area contributed by atoms with E-state index in [9.17, 15) is 39.5 Å². The Labute approximate surface area is 348 Å². The first-order chi connectivity index (χ1) is 29.5. The number of rotatable bonds is 7. The second-order valence-corrected chi connectivity index (χ2v) is 13.6. The maximum atomic E-state index is 13.2. The molecule has 320 valence electrons. The molecule has 0 bridgehead atoms. The molecular formula is C41H28ClF9N8O3. The van der Waals surface area contributed by atoms with Crippen molar-refractivity contribution >= 4 is 28.5 Å². The van der Waals surface area contributed by atoms with Gasteiger partial charge >= 0.3 is 18.5 Å². The van der Waals surface area contributed by atoms with Gasteiger partial charge in [-0.2, -0.15) is 44.8 Å². The van der Waals surface area contributed by atoms with E-state index < -0.39 is 35.2 Å². The fourth-order valence-corrected chi connectivity index (χ4v) is 6.46. The highest BCUT2D eigenvalue weighted by atomic mass is 35.5. The van der Waals surface area contributed by atoms with Crippen LogP contribution in [0.1, 0.15) is 33.8 Å². The van der Waals surface area contributed by atoms with Crippen LogP contribution < -0.4 is 5.73 Å².